The first-order valence-corrected chi connectivity index (χ1v) is 6.83. The van der Waals surface area contributed by atoms with Gasteiger partial charge in [0, 0.05) is 26.0 Å². The zero-order chi connectivity index (χ0) is 13.7. The van der Waals surface area contributed by atoms with Gasteiger partial charge in [-0.25, -0.2) is 9.97 Å². The van der Waals surface area contributed by atoms with Crippen LogP contribution in [0.3, 0.4) is 0 Å². The van der Waals surface area contributed by atoms with Crippen LogP contribution in [0.5, 0.6) is 0 Å². The van der Waals surface area contributed by atoms with E-state index in [9.17, 15) is 4.79 Å². The second-order valence-corrected chi connectivity index (χ2v) is 5.04. The van der Waals surface area contributed by atoms with Gasteiger partial charge in [0.25, 0.3) is 5.91 Å². The van der Waals surface area contributed by atoms with Crippen molar-refractivity contribution in [3.63, 3.8) is 0 Å². The highest BCUT2D eigenvalue weighted by Crippen LogP contribution is 2.16. The normalized spacial score (nSPS) is 19.2. The SMILES string of the molecule is Cc1ncc(C(=O)NCC[C@H]2CCCOC2)c(C)n1. The molecular weight excluding hydrogens is 242 g/mol. The molecule has 1 fully saturated rings. The van der Waals surface area contributed by atoms with Crippen molar-refractivity contribution in [1.82, 2.24) is 15.3 Å². The van der Waals surface area contributed by atoms with E-state index >= 15 is 0 Å². The van der Waals surface area contributed by atoms with Crippen molar-refractivity contribution in [2.45, 2.75) is 33.1 Å². The summed E-state index contributed by atoms with van der Waals surface area (Å²) in [6, 6.07) is 0. The van der Waals surface area contributed by atoms with Crippen molar-refractivity contribution in [1.29, 1.82) is 0 Å². The highest BCUT2D eigenvalue weighted by Gasteiger charge is 2.15. The quantitative estimate of drug-likeness (QED) is 0.897. The molecule has 1 aromatic rings. The van der Waals surface area contributed by atoms with E-state index in [1.807, 2.05) is 13.8 Å². The lowest BCUT2D eigenvalue weighted by atomic mass is 9.99. The Balaban J connectivity index is 1.80. The minimum atomic E-state index is -0.0887. The lowest BCUT2D eigenvalue weighted by Crippen LogP contribution is -2.29. The van der Waals surface area contributed by atoms with Gasteiger partial charge in [0.1, 0.15) is 5.82 Å². The summed E-state index contributed by atoms with van der Waals surface area (Å²) in [7, 11) is 0. The van der Waals surface area contributed by atoms with Crippen LogP contribution in [0.2, 0.25) is 0 Å². The van der Waals surface area contributed by atoms with Crippen LogP contribution in [0.4, 0.5) is 0 Å². The molecule has 1 atom stereocenters. The van der Waals surface area contributed by atoms with Gasteiger partial charge < -0.3 is 10.1 Å². The predicted octanol–water partition coefficient (Wildman–Crippen LogP) is 1.64. The van der Waals surface area contributed by atoms with E-state index in [-0.39, 0.29) is 5.91 Å². The average Bonchev–Trinajstić information content (AvgIpc) is 2.39. The Morgan fingerprint density at radius 1 is 1.53 bits per heavy atom. The average molecular weight is 263 g/mol. The first-order valence-electron chi connectivity index (χ1n) is 6.83. The molecule has 1 amide bonds. The molecule has 1 N–H and O–H groups in total. The van der Waals surface area contributed by atoms with Gasteiger partial charge in [-0.3, -0.25) is 4.79 Å². The minimum absolute atomic E-state index is 0.0887. The number of carbonyl (C=O) groups excluding carboxylic acids is 1. The van der Waals surface area contributed by atoms with Gasteiger partial charge in [-0.2, -0.15) is 0 Å². The zero-order valence-corrected chi connectivity index (χ0v) is 11.6. The second-order valence-electron chi connectivity index (χ2n) is 5.04. The first-order chi connectivity index (χ1) is 9.16. The molecule has 0 unspecified atom stereocenters. The third kappa shape index (κ3) is 3.99. The van der Waals surface area contributed by atoms with Crippen LogP contribution in [0.15, 0.2) is 6.20 Å². The molecule has 5 heteroatoms. The second kappa shape index (κ2) is 6.61. The Hall–Kier alpha value is -1.49. The number of nitrogens with zero attached hydrogens (tertiary/aromatic N) is 2. The number of aromatic nitrogens is 2. The number of hydrogen-bond donors (Lipinski definition) is 1. The van der Waals surface area contributed by atoms with Crippen LogP contribution in [-0.4, -0.2) is 35.6 Å². The Morgan fingerprint density at radius 3 is 3.05 bits per heavy atom. The maximum Gasteiger partial charge on any atom is 0.254 e. The van der Waals surface area contributed by atoms with Gasteiger partial charge in [0.15, 0.2) is 0 Å². The van der Waals surface area contributed by atoms with E-state index in [2.05, 4.69) is 15.3 Å². The number of carbonyl (C=O) groups is 1. The van der Waals surface area contributed by atoms with Gasteiger partial charge in [0.05, 0.1) is 11.3 Å². The Morgan fingerprint density at radius 2 is 2.37 bits per heavy atom. The fourth-order valence-electron chi connectivity index (χ4n) is 2.33. The molecule has 0 spiro atoms. The molecule has 1 aromatic heterocycles. The van der Waals surface area contributed by atoms with Gasteiger partial charge in [-0.1, -0.05) is 0 Å². The standard InChI is InChI=1S/C14H21N3O2/c1-10-13(8-16-11(2)17-10)14(18)15-6-5-12-4-3-7-19-9-12/h8,12H,3-7,9H2,1-2H3,(H,15,18)/t12-/m1/s1. The van der Waals surface area contributed by atoms with E-state index in [0.29, 0.717) is 23.9 Å². The summed E-state index contributed by atoms with van der Waals surface area (Å²) >= 11 is 0. The van der Waals surface area contributed by atoms with Gasteiger partial charge in [0.2, 0.25) is 0 Å². The van der Waals surface area contributed by atoms with Crippen LogP contribution < -0.4 is 5.32 Å². The van der Waals surface area contributed by atoms with Crippen molar-refractivity contribution in [3.05, 3.63) is 23.3 Å². The van der Waals surface area contributed by atoms with E-state index in [1.165, 1.54) is 6.42 Å². The molecule has 0 aromatic carbocycles. The third-order valence-corrected chi connectivity index (χ3v) is 3.44. The van der Waals surface area contributed by atoms with Gasteiger partial charge in [-0.05, 0) is 39.0 Å². The highest BCUT2D eigenvalue weighted by atomic mass is 16.5. The predicted molar refractivity (Wildman–Crippen MR) is 72.0 cm³/mol. The van der Waals surface area contributed by atoms with Crippen molar-refractivity contribution >= 4 is 5.91 Å². The number of amides is 1. The van der Waals surface area contributed by atoms with Crippen LogP contribution >= 0.6 is 0 Å². The molecule has 0 radical (unpaired) electrons. The number of rotatable bonds is 4. The largest absolute Gasteiger partial charge is 0.381 e. The Bertz CT molecular complexity index is 442. The Labute approximate surface area is 113 Å². The summed E-state index contributed by atoms with van der Waals surface area (Å²) in [5, 5.41) is 2.93. The molecule has 1 aliphatic rings. The van der Waals surface area contributed by atoms with Crippen molar-refractivity contribution in [2.24, 2.45) is 5.92 Å². The van der Waals surface area contributed by atoms with Crippen LogP contribution in [0.25, 0.3) is 0 Å². The first kappa shape index (κ1) is 13.9. The molecule has 1 aliphatic heterocycles. The summed E-state index contributed by atoms with van der Waals surface area (Å²) in [6.45, 7) is 6.03. The summed E-state index contributed by atoms with van der Waals surface area (Å²) in [5.74, 6) is 1.17. The van der Waals surface area contributed by atoms with Crippen molar-refractivity contribution < 1.29 is 9.53 Å². The number of ether oxygens (including phenoxy) is 1. The smallest absolute Gasteiger partial charge is 0.254 e. The van der Waals surface area contributed by atoms with E-state index in [1.54, 1.807) is 6.20 Å². The van der Waals surface area contributed by atoms with Gasteiger partial charge >= 0.3 is 0 Å². The summed E-state index contributed by atoms with van der Waals surface area (Å²) in [4.78, 5) is 20.3. The van der Waals surface area contributed by atoms with Crippen molar-refractivity contribution in [3.8, 4) is 0 Å². The third-order valence-electron chi connectivity index (χ3n) is 3.44. The molecule has 0 saturated carbocycles. The molecule has 5 nitrogen and oxygen atoms in total. The van der Waals surface area contributed by atoms with E-state index < -0.39 is 0 Å². The molecule has 2 rings (SSSR count). The van der Waals surface area contributed by atoms with Crippen LogP contribution in [-0.2, 0) is 4.74 Å². The molecule has 1 saturated heterocycles. The maximum absolute atomic E-state index is 12.0. The molecule has 2 heterocycles. The molecule has 19 heavy (non-hydrogen) atoms. The lowest BCUT2D eigenvalue weighted by molar-refractivity contribution is 0.0514. The minimum Gasteiger partial charge on any atom is -0.381 e. The van der Waals surface area contributed by atoms with Crippen molar-refractivity contribution in [2.75, 3.05) is 19.8 Å². The van der Waals surface area contributed by atoms with Crippen LogP contribution in [0.1, 0.15) is 41.1 Å². The maximum atomic E-state index is 12.0. The number of hydrogen-bond acceptors (Lipinski definition) is 4. The monoisotopic (exact) mass is 263 g/mol. The number of nitrogens with one attached hydrogen (secondary N) is 1. The van der Waals surface area contributed by atoms with Gasteiger partial charge in [-0.15, -0.1) is 0 Å². The fraction of sp³-hybridized carbons (Fsp3) is 0.643. The fourth-order valence-corrected chi connectivity index (χ4v) is 2.33. The lowest BCUT2D eigenvalue weighted by Gasteiger charge is -2.21. The molecule has 0 aliphatic carbocycles. The number of aryl methyl sites for hydroxylation is 2. The van der Waals surface area contributed by atoms with Crippen LogP contribution in [0, 0.1) is 19.8 Å². The summed E-state index contributed by atoms with van der Waals surface area (Å²) in [6.07, 6.45) is 4.89. The zero-order valence-electron chi connectivity index (χ0n) is 11.6. The molecule has 0 bridgehead atoms. The topological polar surface area (TPSA) is 64.1 Å². The highest BCUT2D eigenvalue weighted by molar-refractivity contribution is 5.94. The van der Waals surface area contributed by atoms with E-state index in [0.717, 1.165) is 31.7 Å². The van der Waals surface area contributed by atoms with E-state index in [4.69, 9.17) is 4.74 Å². The summed E-state index contributed by atoms with van der Waals surface area (Å²) in [5.41, 5.74) is 1.29. The summed E-state index contributed by atoms with van der Waals surface area (Å²) < 4.78 is 5.42. The molecule has 104 valence electrons. The molecular formula is C14H21N3O2. The Kier molecular flexibility index (Phi) is 4.85.